The van der Waals surface area contributed by atoms with Crippen LogP contribution in [0.15, 0.2) is 59.5 Å². The van der Waals surface area contributed by atoms with Crippen LogP contribution in [0.4, 0.5) is 0 Å². The maximum Gasteiger partial charge on any atom is 0.243 e. The van der Waals surface area contributed by atoms with Crippen molar-refractivity contribution in [3.05, 3.63) is 65.7 Å². The molecule has 0 saturated heterocycles. The van der Waals surface area contributed by atoms with Crippen LogP contribution in [0.25, 0.3) is 0 Å². The van der Waals surface area contributed by atoms with E-state index in [9.17, 15) is 18.0 Å². The molecule has 0 bridgehead atoms. The molecule has 0 saturated carbocycles. The van der Waals surface area contributed by atoms with Gasteiger partial charge in [0.2, 0.25) is 21.8 Å². The van der Waals surface area contributed by atoms with Crippen LogP contribution < -0.4 is 5.32 Å². The molecule has 2 rings (SSSR count). The molecule has 1 atom stereocenters. The minimum absolute atomic E-state index is 0.124. The van der Waals surface area contributed by atoms with Crippen LogP contribution in [-0.2, 0) is 26.0 Å². The summed E-state index contributed by atoms with van der Waals surface area (Å²) in [7, 11) is -0.943. The van der Waals surface area contributed by atoms with Gasteiger partial charge >= 0.3 is 0 Å². The molecule has 0 spiro atoms. The van der Waals surface area contributed by atoms with Gasteiger partial charge in [0, 0.05) is 20.6 Å². The number of likely N-dealkylation sites (N-methyl/N-ethyl adjacent to an activating group) is 2. The molecule has 162 valence electrons. The third kappa shape index (κ3) is 5.90. The van der Waals surface area contributed by atoms with E-state index in [-0.39, 0.29) is 17.3 Å². The van der Waals surface area contributed by atoms with Crippen molar-refractivity contribution in [1.29, 1.82) is 0 Å². The molecule has 0 heterocycles. The second-order valence-electron chi connectivity index (χ2n) is 7.19. The van der Waals surface area contributed by atoms with Gasteiger partial charge in [-0.05, 0) is 38.0 Å². The average Bonchev–Trinajstić information content (AvgIpc) is 2.74. The smallest absolute Gasteiger partial charge is 0.243 e. The fourth-order valence-electron chi connectivity index (χ4n) is 3.04. The Morgan fingerprint density at radius 2 is 1.63 bits per heavy atom. The van der Waals surface area contributed by atoms with Crippen LogP contribution in [0.5, 0.6) is 0 Å². The summed E-state index contributed by atoms with van der Waals surface area (Å²) in [4.78, 5) is 26.7. The normalized spacial score (nSPS) is 12.4. The molecule has 1 unspecified atom stereocenters. The second-order valence-corrected chi connectivity index (χ2v) is 9.23. The van der Waals surface area contributed by atoms with Gasteiger partial charge in [-0.15, -0.1) is 0 Å². The van der Waals surface area contributed by atoms with Crippen molar-refractivity contribution >= 4 is 21.8 Å². The molecule has 1 N–H and O–H groups in total. The highest BCUT2D eigenvalue weighted by atomic mass is 32.2. The number of hydrogen-bond donors (Lipinski definition) is 1. The number of nitrogens with one attached hydrogen (secondary N) is 1. The third-order valence-electron chi connectivity index (χ3n) is 4.98. The van der Waals surface area contributed by atoms with E-state index in [0.717, 1.165) is 15.4 Å². The number of rotatable bonds is 9. The van der Waals surface area contributed by atoms with E-state index >= 15 is 0 Å². The minimum Gasteiger partial charge on any atom is -0.357 e. The highest BCUT2D eigenvalue weighted by Crippen LogP contribution is 2.16. The first-order valence-corrected chi connectivity index (χ1v) is 11.2. The van der Waals surface area contributed by atoms with Gasteiger partial charge in [-0.1, -0.05) is 48.0 Å². The van der Waals surface area contributed by atoms with Crippen molar-refractivity contribution in [3.63, 3.8) is 0 Å². The molecule has 2 aromatic carbocycles. The maximum absolute atomic E-state index is 13.0. The minimum atomic E-state index is -3.82. The molecular weight excluding hydrogens is 402 g/mol. The Labute approximate surface area is 178 Å². The van der Waals surface area contributed by atoms with Crippen molar-refractivity contribution < 1.29 is 18.0 Å². The summed E-state index contributed by atoms with van der Waals surface area (Å²) in [5, 5.41) is 2.55. The molecule has 0 aliphatic heterocycles. The van der Waals surface area contributed by atoms with Gasteiger partial charge in [-0.2, -0.15) is 4.31 Å². The second kappa shape index (κ2) is 10.4. The van der Waals surface area contributed by atoms with E-state index in [1.165, 1.54) is 31.1 Å². The molecule has 8 heteroatoms. The fraction of sp³-hybridized carbons (Fsp3) is 0.364. The quantitative estimate of drug-likeness (QED) is 0.656. The predicted molar refractivity (Wildman–Crippen MR) is 116 cm³/mol. The van der Waals surface area contributed by atoms with Gasteiger partial charge in [-0.25, -0.2) is 8.42 Å². The summed E-state index contributed by atoms with van der Waals surface area (Å²) in [6.07, 6.45) is 0.558. The number of hydrogen-bond acceptors (Lipinski definition) is 4. The number of sulfonamides is 1. The first-order valence-electron chi connectivity index (χ1n) is 9.74. The Hall–Kier alpha value is -2.71. The lowest BCUT2D eigenvalue weighted by Crippen LogP contribution is -2.51. The summed E-state index contributed by atoms with van der Waals surface area (Å²) in [6.45, 7) is 3.45. The van der Waals surface area contributed by atoms with Crippen molar-refractivity contribution in [2.24, 2.45) is 0 Å². The Morgan fingerprint density at radius 3 is 2.20 bits per heavy atom. The summed E-state index contributed by atoms with van der Waals surface area (Å²) >= 11 is 0. The fourth-order valence-corrected chi connectivity index (χ4v) is 4.16. The first-order chi connectivity index (χ1) is 14.2. The van der Waals surface area contributed by atoms with Crippen molar-refractivity contribution in [2.45, 2.75) is 31.2 Å². The lowest BCUT2D eigenvalue weighted by molar-refractivity contribution is -0.139. The van der Waals surface area contributed by atoms with Crippen LogP contribution in [0.1, 0.15) is 18.1 Å². The van der Waals surface area contributed by atoms with Gasteiger partial charge in [0.1, 0.15) is 6.04 Å². The third-order valence-corrected chi connectivity index (χ3v) is 6.80. The number of carbonyl (C=O) groups is 2. The number of benzene rings is 2. The standard InChI is InChI=1S/C22H29N3O4S/c1-17-10-12-20(13-11-17)30(28,29)24(4)16-21(26)25(18(2)22(27)23-3)15-14-19-8-6-5-7-9-19/h5-13,18H,14-16H2,1-4H3,(H,23,27). The van der Waals surface area contributed by atoms with E-state index in [4.69, 9.17) is 0 Å². The number of nitrogens with zero attached hydrogens (tertiary/aromatic N) is 2. The van der Waals surface area contributed by atoms with Gasteiger partial charge in [0.05, 0.1) is 11.4 Å². The number of aryl methyl sites for hydroxylation is 1. The van der Waals surface area contributed by atoms with Gasteiger partial charge in [0.15, 0.2) is 0 Å². The molecule has 0 aliphatic carbocycles. The Balaban J connectivity index is 2.17. The molecule has 0 aromatic heterocycles. The molecule has 30 heavy (non-hydrogen) atoms. The average molecular weight is 432 g/mol. The van der Waals surface area contributed by atoms with Gasteiger partial charge in [-0.3, -0.25) is 9.59 Å². The number of amides is 2. The van der Waals surface area contributed by atoms with Crippen LogP contribution in [-0.4, -0.2) is 62.7 Å². The Bertz CT molecular complexity index is 960. The van der Waals surface area contributed by atoms with Crippen molar-refractivity contribution in [1.82, 2.24) is 14.5 Å². The van der Waals surface area contributed by atoms with Crippen LogP contribution in [0, 0.1) is 6.92 Å². The molecule has 7 nitrogen and oxygen atoms in total. The van der Waals surface area contributed by atoms with Crippen molar-refractivity contribution in [2.75, 3.05) is 27.2 Å². The molecule has 2 amide bonds. The summed E-state index contributed by atoms with van der Waals surface area (Å²) in [5.41, 5.74) is 1.97. The van der Waals surface area contributed by atoms with E-state index in [1.54, 1.807) is 19.1 Å². The summed E-state index contributed by atoms with van der Waals surface area (Å²) < 4.78 is 26.7. The topological polar surface area (TPSA) is 86.8 Å². The molecule has 0 aliphatic rings. The lowest BCUT2D eigenvalue weighted by atomic mass is 10.1. The van der Waals surface area contributed by atoms with E-state index < -0.39 is 22.0 Å². The highest BCUT2D eigenvalue weighted by molar-refractivity contribution is 7.89. The highest BCUT2D eigenvalue weighted by Gasteiger charge is 2.29. The summed E-state index contributed by atoms with van der Waals surface area (Å²) in [6, 6.07) is 15.4. The van der Waals surface area contributed by atoms with Crippen LogP contribution >= 0.6 is 0 Å². The zero-order chi connectivity index (χ0) is 22.3. The maximum atomic E-state index is 13.0. The summed E-state index contributed by atoms with van der Waals surface area (Å²) in [5.74, 6) is -0.735. The van der Waals surface area contributed by atoms with E-state index in [2.05, 4.69) is 5.32 Å². The largest absolute Gasteiger partial charge is 0.357 e. The zero-order valence-corrected chi connectivity index (χ0v) is 18.6. The zero-order valence-electron chi connectivity index (χ0n) is 17.8. The van der Waals surface area contributed by atoms with Gasteiger partial charge in [0.25, 0.3) is 0 Å². The molecular formula is C22H29N3O4S. The SMILES string of the molecule is CNC(=O)C(C)N(CCc1ccccc1)C(=O)CN(C)S(=O)(=O)c1ccc(C)cc1. The van der Waals surface area contributed by atoms with Crippen LogP contribution in [0.3, 0.4) is 0 Å². The van der Waals surface area contributed by atoms with Crippen molar-refractivity contribution in [3.8, 4) is 0 Å². The van der Waals surface area contributed by atoms with Crippen LogP contribution in [0.2, 0.25) is 0 Å². The molecule has 0 radical (unpaired) electrons. The number of carbonyl (C=O) groups excluding carboxylic acids is 2. The van der Waals surface area contributed by atoms with E-state index in [0.29, 0.717) is 13.0 Å². The molecule has 2 aromatic rings. The Morgan fingerprint density at radius 1 is 1.03 bits per heavy atom. The van der Waals surface area contributed by atoms with Gasteiger partial charge < -0.3 is 10.2 Å². The van der Waals surface area contributed by atoms with E-state index in [1.807, 2.05) is 37.3 Å². The first kappa shape index (κ1) is 23.6. The molecule has 0 fully saturated rings. The predicted octanol–water partition coefficient (Wildman–Crippen LogP) is 1.82. The Kier molecular flexibility index (Phi) is 8.14. The monoisotopic (exact) mass is 431 g/mol. The lowest BCUT2D eigenvalue weighted by Gasteiger charge is -2.30.